The van der Waals surface area contributed by atoms with Crippen LogP contribution in [0.3, 0.4) is 0 Å². The van der Waals surface area contributed by atoms with Crippen LogP contribution in [-0.2, 0) is 12.6 Å². The predicted octanol–water partition coefficient (Wildman–Crippen LogP) is 6.13. The SMILES string of the molecule is Fc1ccc(C(Cl)Cc2ccc(C(F)(F)F)cc2)cc1Br. The molecule has 2 rings (SSSR count). The number of hydrogen-bond donors (Lipinski definition) is 0. The van der Waals surface area contributed by atoms with Crippen LogP contribution in [0.25, 0.3) is 0 Å². The number of benzene rings is 2. The van der Waals surface area contributed by atoms with E-state index in [-0.39, 0.29) is 0 Å². The van der Waals surface area contributed by atoms with Crippen LogP contribution >= 0.6 is 27.5 Å². The molecule has 1 unspecified atom stereocenters. The molecule has 0 aromatic heterocycles. The van der Waals surface area contributed by atoms with Gasteiger partial charge in [-0.3, -0.25) is 0 Å². The van der Waals surface area contributed by atoms with Gasteiger partial charge in [0.2, 0.25) is 0 Å². The summed E-state index contributed by atoms with van der Waals surface area (Å²) < 4.78 is 50.8. The fourth-order valence-electron chi connectivity index (χ4n) is 1.86. The van der Waals surface area contributed by atoms with E-state index >= 15 is 0 Å². The van der Waals surface area contributed by atoms with Gasteiger partial charge in [-0.05, 0) is 57.7 Å². The molecule has 0 saturated heterocycles. The van der Waals surface area contributed by atoms with E-state index < -0.39 is 22.9 Å². The molecule has 0 aliphatic rings. The largest absolute Gasteiger partial charge is 0.416 e. The van der Waals surface area contributed by atoms with Crippen LogP contribution in [-0.4, -0.2) is 0 Å². The molecular formula is C15H10BrClF4. The fourth-order valence-corrected chi connectivity index (χ4v) is 2.57. The van der Waals surface area contributed by atoms with Crippen molar-refractivity contribution in [1.82, 2.24) is 0 Å². The highest BCUT2D eigenvalue weighted by Gasteiger charge is 2.30. The third-order valence-corrected chi connectivity index (χ3v) is 4.02. The van der Waals surface area contributed by atoms with Crippen molar-refractivity contribution in [3.05, 3.63) is 69.4 Å². The predicted molar refractivity (Wildman–Crippen MR) is 77.8 cm³/mol. The van der Waals surface area contributed by atoms with E-state index in [2.05, 4.69) is 15.9 Å². The number of hydrogen-bond acceptors (Lipinski definition) is 0. The minimum absolute atomic E-state index is 0.304. The quantitative estimate of drug-likeness (QED) is 0.443. The Kier molecular flexibility index (Phi) is 4.94. The summed E-state index contributed by atoms with van der Waals surface area (Å²) in [4.78, 5) is 0. The Morgan fingerprint density at radius 2 is 1.67 bits per heavy atom. The average Bonchev–Trinajstić information content (AvgIpc) is 2.41. The highest BCUT2D eigenvalue weighted by molar-refractivity contribution is 9.10. The summed E-state index contributed by atoms with van der Waals surface area (Å²) in [6, 6.07) is 9.27. The van der Waals surface area contributed by atoms with Gasteiger partial charge in [0.05, 0.1) is 15.4 Å². The summed E-state index contributed by atoms with van der Waals surface area (Å²) in [7, 11) is 0. The minimum atomic E-state index is -4.35. The monoisotopic (exact) mass is 380 g/mol. The van der Waals surface area contributed by atoms with E-state index in [1.165, 1.54) is 18.2 Å². The molecule has 0 heterocycles. The van der Waals surface area contributed by atoms with Crippen LogP contribution in [0.15, 0.2) is 46.9 Å². The van der Waals surface area contributed by atoms with Gasteiger partial charge in [-0.2, -0.15) is 13.2 Å². The van der Waals surface area contributed by atoms with Crippen LogP contribution in [0.4, 0.5) is 17.6 Å². The summed E-state index contributed by atoms with van der Waals surface area (Å²) >= 11 is 9.30. The smallest absolute Gasteiger partial charge is 0.206 e. The van der Waals surface area contributed by atoms with E-state index in [1.54, 1.807) is 12.1 Å². The molecule has 2 aromatic rings. The third-order valence-electron chi connectivity index (χ3n) is 3.00. The van der Waals surface area contributed by atoms with Crippen LogP contribution < -0.4 is 0 Å². The first-order valence-electron chi connectivity index (χ1n) is 6.02. The Morgan fingerprint density at radius 1 is 1.05 bits per heavy atom. The zero-order valence-corrected chi connectivity index (χ0v) is 12.9. The van der Waals surface area contributed by atoms with Crippen molar-refractivity contribution < 1.29 is 17.6 Å². The molecule has 6 heteroatoms. The van der Waals surface area contributed by atoms with Gasteiger partial charge in [-0.1, -0.05) is 18.2 Å². The van der Waals surface area contributed by atoms with Crippen LogP contribution in [0, 0.1) is 5.82 Å². The van der Waals surface area contributed by atoms with Gasteiger partial charge in [0.15, 0.2) is 0 Å². The lowest BCUT2D eigenvalue weighted by Crippen LogP contribution is -2.05. The zero-order chi connectivity index (χ0) is 15.6. The molecule has 21 heavy (non-hydrogen) atoms. The van der Waals surface area contributed by atoms with Crippen LogP contribution in [0.1, 0.15) is 22.1 Å². The van der Waals surface area contributed by atoms with Crippen molar-refractivity contribution >= 4 is 27.5 Å². The lowest BCUT2D eigenvalue weighted by atomic mass is 10.0. The Balaban J connectivity index is 2.12. The van der Waals surface area contributed by atoms with Gasteiger partial charge in [-0.25, -0.2) is 4.39 Å². The molecule has 0 aliphatic carbocycles. The van der Waals surface area contributed by atoms with Crippen LogP contribution in [0.2, 0.25) is 0 Å². The number of halogens is 6. The standard InChI is InChI=1S/C15H10BrClF4/c16-12-8-10(3-6-14(12)18)13(17)7-9-1-4-11(5-2-9)15(19,20)21/h1-6,8,13H,7H2. The van der Waals surface area contributed by atoms with Crippen molar-refractivity contribution in [2.45, 2.75) is 18.0 Å². The van der Waals surface area contributed by atoms with Gasteiger partial charge >= 0.3 is 6.18 Å². The minimum Gasteiger partial charge on any atom is -0.206 e. The average molecular weight is 382 g/mol. The maximum atomic E-state index is 13.1. The molecular weight excluding hydrogens is 372 g/mol. The molecule has 0 fully saturated rings. The summed E-state index contributed by atoms with van der Waals surface area (Å²) in [6.45, 7) is 0. The Hall–Kier alpha value is -1.07. The van der Waals surface area contributed by atoms with E-state index in [0.29, 0.717) is 22.0 Å². The molecule has 0 nitrogen and oxygen atoms in total. The summed E-state index contributed by atoms with van der Waals surface area (Å²) in [5.74, 6) is -0.392. The molecule has 0 N–H and O–H groups in total. The lowest BCUT2D eigenvalue weighted by Gasteiger charge is -2.12. The second-order valence-electron chi connectivity index (χ2n) is 4.54. The van der Waals surface area contributed by atoms with E-state index in [0.717, 1.165) is 12.1 Å². The maximum Gasteiger partial charge on any atom is 0.416 e. The van der Waals surface area contributed by atoms with Gasteiger partial charge in [0, 0.05) is 0 Å². The Labute approximate surface area is 132 Å². The fraction of sp³-hybridized carbons (Fsp3) is 0.200. The van der Waals surface area contributed by atoms with Gasteiger partial charge in [0.25, 0.3) is 0 Å². The number of alkyl halides is 4. The maximum absolute atomic E-state index is 13.1. The van der Waals surface area contributed by atoms with Crippen molar-refractivity contribution in [2.75, 3.05) is 0 Å². The van der Waals surface area contributed by atoms with Crippen molar-refractivity contribution in [3.63, 3.8) is 0 Å². The molecule has 0 saturated carbocycles. The highest BCUT2D eigenvalue weighted by atomic mass is 79.9. The van der Waals surface area contributed by atoms with Crippen molar-refractivity contribution in [2.24, 2.45) is 0 Å². The molecule has 0 spiro atoms. The van der Waals surface area contributed by atoms with Gasteiger partial charge in [-0.15, -0.1) is 11.6 Å². The molecule has 0 amide bonds. The van der Waals surface area contributed by atoms with Crippen molar-refractivity contribution in [1.29, 1.82) is 0 Å². The number of rotatable bonds is 3. The molecule has 0 bridgehead atoms. The van der Waals surface area contributed by atoms with Crippen molar-refractivity contribution in [3.8, 4) is 0 Å². The lowest BCUT2D eigenvalue weighted by molar-refractivity contribution is -0.137. The third kappa shape index (κ3) is 4.20. The first-order valence-corrected chi connectivity index (χ1v) is 7.25. The highest BCUT2D eigenvalue weighted by Crippen LogP contribution is 2.31. The van der Waals surface area contributed by atoms with E-state index in [9.17, 15) is 17.6 Å². The zero-order valence-electron chi connectivity index (χ0n) is 10.6. The second-order valence-corrected chi connectivity index (χ2v) is 5.92. The topological polar surface area (TPSA) is 0 Å². The van der Waals surface area contributed by atoms with Crippen LogP contribution in [0.5, 0.6) is 0 Å². The molecule has 112 valence electrons. The van der Waals surface area contributed by atoms with Gasteiger partial charge < -0.3 is 0 Å². The first kappa shape index (κ1) is 16.3. The van der Waals surface area contributed by atoms with Gasteiger partial charge in [0.1, 0.15) is 5.82 Å². The Morgan fingerprint density at radius 3 is 2.19 bits per heavy atom. The molecule has 0 aliphatic heterocycles. The van der Waals surface area contributed by atoms with E-state index in [1.807, 2.05) is 0 Å². The first-order chi connectivity index (χ1) is 9.77. The summed E-state index contributed by atoms with van der Waals surface area (Å²) in [6.07, 6.45) is -3.99. The Bertz CT molecular complexity index is 623. The summed E-state index contributed by atoms with van der Waals surface area (Å²) in [5.41, 5.74) is 0.690. The molecule has 2 aromatic carbocycles. The normalized spacial score (nSPS) is 13.2. The molecule has 0 radical (unpaired) electrons. The molecule has 1 atom stereocenters. The summed E-state index contributed by atoms with van der Waals surface area (Å²) in [5, 5.41) is -0.446. The van der Waals surface area contributed by atoms with E-state index in [4.69, 9.17) is 11.6 Å². The second kappa shape index (κ2) is 6.36.